The molecule has 5 heteroatoms. The number of hydrogen-bond acceptors (Lipinski definition) is 3. The van der Waals surface area contributed by atoms with E-state index in [1.54, 1.807) is 0 Å². The molecule has 1 N–H and O–H groups in total. The maximum absolute atomic E-state index is 12.1. The van der Waals surface area contributed by atoms with Crippen molar-refractivity contribution in [2.24, 2.45) is 0 Å². The molecule has 0 atom stereocenters. The molecule has 1 heterocycles. The van der Waals surface area contributed by atoms with Crippen LogP contribution in [0, 0.1) is 0 Å². The third-order valence-corrected chi connectivity index (χ3v) is 4.66. The van der Waals surface area contributed by atoms with Gasteiger partial charge in [0.15, 0.2) is 0 Å². The third kappa shape index (κ3) is 5.41. The van der Waals surface area contributed by atoms with Crippen LogP contribution in [0.4, 0.5) is 0 Å². The minimum atomic E-state index is 0.0924. The fourth-order valence-corrected chi connectivity index (χ4v) is 3.17. The van der Waals surface area contributed by atoms with Gasteiger partial charge >= 0.3 is 0 Å². The fourth-order valence-electron chi connectivity index (χ4n) is 3.17. The van der Waals surface area contributed by atoms with E-state index in [9.17, 15) is 4.79 Å². The van der Waals surface area contributed by atoms with Crippen molar-refractivity contribution >= 4 is 16.9 Å². The zero-order chi connectivity index (χ0) is 19.1. The molecule has 0 spiro atoms. The molecule has 0 aliphatic rings. The molecule has 142 valence electrons. The smallest absolute Gasteiger partial charge is 0.220 e. The molecular weight excluding hydrogens is 336 g/mol. The van der Waals surface area contributed by atoms with E-state index in [4.69, 9.17) is 4.98 Å². The van der Waals surface area contributed by atoms with E-state index < -0.39 is 0 Å². The number of benzene rings is 2. The van der Waals surface area contributed by atoms with Crippen LogP contribution in [-0.2, 0) is 24.2 Å². The summed E-state index contributed by atoms with van der Waals surface area (Å²) < 4.78 is 2.27. The monoisotopic (exact) mass is 364 g/mol. The molecule has 0 saturated carbocycles. The molecule has 0 bridgehead atoms. The van der Waals surface area contributed by atoms with Crippen molar-refractivity contribution in [3.8, 4) is 0 Å². The number of hydrogen-bond donors (Lipinski definition) is 1. The summed E-state index contributed by atoms with van der Waals surface area (Å²) in [7, 11) is 4.15. The Bertz CT molecular complexity index is 870. The van der Waals surface area contributed by atoms with Crippen LogP contribution in [0.3, 0.4) is 0 Å². The van der Waals surface area contributed by atoms with E-state index in [1.807, 2.05) is 36.4 Å². The van der Waals surface area contributed by atoms with Crippen LogP contribution in [-0.4, -0.2) is 47.5 Å². The van der Waals surface area contributed by atoms with Crippen LogP contribution in [0.1, 0.15) is 17.8 Å². The van der Waals surface area contributed by atoms with Gasteiger partial charge in [-0.25, -0.2) is 4.98 Å². The van der Waals surface area contributed by atoms with Crippen LogP contribution in [0.25, 0.3) is 11.0 Å². The normalized spacial score (nSPS) is 11.2. The van der Waals surface area contributed by atoms with E-state index >= 15 is 0 Å². The predicted octanol–water partition coefficient (Wildman–Crippen LogP) is 2.89. The zero-order valence-corrected chi connectivity index (χ0v) is 16.2. The van der Waals surface area contributed by atoms with Gasteiger partial charge in [-0.15, -0.1) is 0 Å². The molecule has 0 saturated heterocycles. The van der Waals surface area contributed by atoms with Crippen LogP contribution in [0.15, 0.2) is 54.6 Å². The molecule has 0 unspecified atom stereocenters. The van der Waals surface area contributed by atoms with Gasteiger partial charge in [-0.05, 0) is 38.2 Å². The number of imidazole rings is 1. The molecule has 5 nitrogen and oxygen atoms in total. The summed E-state index contributed by atoms with van der Waals surface area (Å²) in [6.45, 7) is 2.46. The number of amides is 1. The maximum atomic E-state index is 12.1. The van der Waals surface area contributed by atoms with Crippen LogP contribution in [0.5, 0.6) is 0 Å². The number of para-hydroxylation sites is 2. The Morgan fingerprint density at radius 2 is 1.78 bits per heavy atom. The minimum absolute atomic E-state index is 0.0924. The van der Waals surface area contributed by atoms with Crippen LogP contribution in [0.2, 0.25) is 0 Å². The van der Waals surface area contributed by atoms with E-state index in [0.29, 0.717) is 13.0 Å². The Labute approximate surface area is 161 Å². The largest absolute Gasteiger partial charge is 0.356 e. The van der Waals surface area contributed by atoms with Crippen molar-refractivity contribution in [2.75, 3.05) is 27.2 Å². The van der Waals surface area contributed by atoms with Crippen molar-refractivity contribution in [1.29, 1.82) is 0 Å². The number of nitrogens with zero attached hydrogens (tertiary/aromatic N) is 3. The SMILES string of the molecule is CN(C)CCn1c(CCNC(=O)CCc2ccccc2)nc2ccccc21. The average Bonchev–Trinajstić information content (AvgIpc) is 3.03. The maximum Gasteiger partial charge on any atom is 0.220 e. The number of fused-ring (bicyclic) bond motifs is 1. The van der Waals surface area contributed by atoms with Gasteiger partial charge in [-0.3, -0.25) is 4.79 Å². The first-order chi connectivity index (χ1) is 13.1. The lowest BCUT2D eigenvalue weighted by Gasteiger charge is -2.13. The Hall–Kier alpha value is -2.66. The Morgan fingerprint density at radius 1 is 1.04 bits per heavy atom. The topological polar surface area (TPSA) is 50.2 Å². The van der Waals surface area contributed by atoms with Gasteiger partial charge in [0.05, 0.1) is 11.0 Å². The molecular formula is C22H28N4O. The van der Waals surface area contributed by atoms with E-state index in [2.05, 4.69) is 47.1 Å². The Kier molecular flexibility index (Phi) is 6.60. The second-order valence-corrected chi connectivity index (χ2v) is 7.06. The van der Waals surface area contributed by atoms with Gasteiger partial charge in [0.25, 0.3) is 0 Å². The van der Waals surface area contributed by atoms with Gasteiger partial charge in [0.1, 0.15) is 5.82 Å². The molecule has 0 aliphatic heterocycles. The van der Waals surface area contributed by atoms with Gasteiger partial charge < -0.3 is 14.8 Å². The van der Waals surface area contributed by atoms with Gasteiger partial charge in [0, 0.05) is 32.5 Å². The summed E-state index contributed by atoms with van der Waals surface area (Å²) in [6.07, 6.45) is 2.02. The van der Waals surface area contributed by atoms with E-state index in [-0.39, 0.29) is 5.91 Å². The molecule has 3 aromatic rings. The summed E-state index contributed by atoms with van der Waals surface area (Å²) >= 11 is 0. The number of carbonyl (C=O) groups is 1. The number of rotatable bonds is 9. The zero-order valence-electron chi connectivity index (χ0n) is 16.2. The lowest BCUT2D eigenvalue weighted by atomic mass is 10.1. The predicted molar refractivity (Wildman–Crippen MR) is 110 cm³/mol. The highest BCUT2D eigenvalue weighted by Gasteiger charge is 2.11. The number of nitrogens with one attached hydrogen (secondary N) is 1. The van der Waals surface area contributed by atoms with Crippen LogP contribution >= 0.6 is 0 Å². The second-order valence-electron chi connectivity index (χ2n) is 7.06. The fraction of sp³-hybridized carbons (Fsp3) is 0.364. The summed E-state index contributed by atoms with van der Waals surface area (Å²) in [5.41, 5.74) is 3.37. The number of aromatic nitrogens is 2. The summed E-state index contributed by atoms with van der Waals surface area (Å²) in [6, 6.07) is 18.3. The molecule has 1 aromatic heterocycles. The lowest BCUT2D eigenvalue weighted by molar-refractivity contribution is -0.121. The van der Waals surface area contributed by atoms with Crippen molar-refractivity contribution in [3.05, 3.63) is 66.0 Å². The first-order valence-corrected chi connectivity index (χ1v) is 9.53. The van der Waals surface area contributed by atoms with E-state index in [1.165, 1.54) is 5.56 Å². The minimum Gasteiger partial charge on any atom is -0.356 e. The second kappa shape index (κ2) is 9.33. The van der Waals surface area contributed by atoms with Crippen molar-refractivity contribution in [1.82, 2.24) is 19.8 Å². The lowest BCUT2D eigenvalue weighted by Crippen LogP contribution is -2.27. The molecule has 0 aliphatic carbocycles. The van der Waals surface area contributed by atoms with E-state index in [0.717, 1.165) is 42.8 Å². The highest BCUT2D eigenvalue weighted by molar-refractivity contribution is 5.77. The molecule has 27 heavy (non-hydrogen) atoms. The molecule has 3 rings (SSSR count). The first kappa shape index (κ1) is 19.1. The molecule has 0 fully saturated rings. The first-order valence-electron chi connectivity index (χ1n) is 9.53. The summed E-state index contributed by atoms with van der Waals surface area (Å²) in [5, 5.41) is 3.04. The highest BCUT2D eigenvalue weighted by Crippen LogP contribution is 2.16. The Balaban J connectivity index is 1.56. The Morgan fingerprint density at radius 3 is 2.56 bits per heavy atom. The molecule has 1 amide bonds. The van der Waals surface area contributed by atoms with Crippen LogP contribution < -0.4 is 5.32 Å². The third-order valence-electron chi connectivity index (χ3n) is 4.66. The number of carbonyl (C=O) groups excluding carboxylic acids is 1. The van der Waals surface area contributed by atoms with Crippen molar-refractivity contribution < 1.29 is 4.79 Å². The highest BCUT2D eigenvalue weighted by atomic mass is 16.1. The summed E-state index contributed by atoms with van der Waals surface area (Å²) in [5.74, 6) is 1.12. The standard InChI is InChI=1S/C22H28N4O/c1-25(2)16-17-26-20-11-7-6-10-19(20)24-21(26)14-15-23-22(27)13-12-18-8-4-3-5-9-18/h3-11H,12-17H2,1-2H3,(H,23,27). The van der Waals surface area contributed by atoms with Gasteiger partial charge in [-0.2, -0.15) is 0 Å². The average molecular weight is 364 g/mol. The van der Waals surface area contributed by atoms with Gasteiger partial charge in [-0.1, -0.05) is 42.5 Å². The van der Waals surface area contributed by atoms with Gasteiger partial charge in [0.2, 0.25) is 5.91 Å². The van der Waals surface area contributed by atoms with Crippen molar-refractivity contribution in [3.63, 3.8) is 0 Å². The number of likely N-dealkylation sites (N-methyl/N-ethyl adjacent to an activating group) is 1. The number of aryl methyl sites for hydroxylation is 1. The molecule has 0 radical (unpaired) electrons. The summed E-state index contributed by atoms with van der Waals surface area (Å²) in [4.78, 5) is 19.1. The quantitative estimate of drug-likeness (QED) is 0.635. The van der Waals surface area contributed by atoms with Crippen molar-refractivity contribution in [2.45, 2.75) is 25.8 Å². The molecule has 2 aromatic carbocycles.